The quantitative estimate of drug-likeness (QED) is 0.0274. The zero-order valence-electron chi connectivity index (χ0n) is 49.4. The van der Waals surface area contributed by atoms with Gasteiger partial charge in [-0.15, -0.1) is 0 Å². The lowest BCUT2D eigenvalue weighted by Crippen LogP contribution is -2.61. The molecule has 0 radical (unpaired) electrons. The van der Waals surface area contributed by atoms with Crippen LogP contribution in [0.3, 0.4) is 0 Å². The van der Waals surface area contributed by atoms with Crippen molar-refractivity contribution in [2.45, 2.75) is 173 Å². The molecule has 0 aliphatic carbocycles. The number of rotatable bonds is 19. The third-order valence-electron chi connectivity index (χ3n) is 13.2. The van der Waals surface area contributed by atoms with Crippen LogP contribution in [0.2, 0.25) is 0 Å². The first-order chi connectivity index (χ1) is 40.6. The molecule has 11 amide bonds. The fourth-order valence-electron chi connectivity index (χ4n) is 8.63. The molecule has 2 aliphatic rings. The zero-order valence-corrected chi connectivity index (χ0v) is 50.2. The smallest absolute Gasteiger partial charge is 0.303 e. The highest BCUT2D eigenvalue weighted by Gasteiger charge is 2.36. The highest BCUT2D eigenvalue weighted by atomic mass is 32.2. The number of nitrogens with two attached hydrogens (primary N) is 3. The molecule has 0 saturated carbocycles. The maximum Gasteiger partial charge on any atom is 0.303 e. The third-order valence-corrected chi connectivity index (χ3v) is 13.8. The molecule has 0 fully saturated rings. The van der Waals surface area contributed by atoms with Gasteiger partial charge in [-0.25, -0.2) is 10.4 Å². The molecule has 2 aromatic rings. The number of imidazole rings is 1. The van der Waals surface area contributed by atoms with E-state index in [4.69, 9.17) is 17.2 Å². The number of guanidine groups is 1. The normalized spacial score (nSPS) is 23.9. The molecule has 0 saturated heterocycles. The number of hydrazine groups is 1. The van der Waals surface area contributed by atoms with Crippen LogP contribution in [-0.2, 0) is 76.9 Å². The molecular formula is C54H85N17O14S. The van der Waals surface area contributed by atoms with Crippen molar-refractivity contribution in [1.82, 2.24) is 68.7 Å². The van der Waals surface area contributed by atoms with E-state index in [2.05, 4.69) is 73.7 Å². The van der Waals surface area contributed by atoms with Gasteiger partial charge in [0, 0.05) is 37.8 Å². The number of amides is 11. The lowest BCUT2D eigenvalue weighted by atomic mass is 10.0. The number of carbonyl (C=O) groups is 12. The number of aliphatic hydroxyl groups excluding tert-OH is 1. The minimum absolute atomic E-state index is 0.00271. The molecular weight excluding hydrogens is 1140 g/mol. The van der Waals surface area contributed by atoms with Gasteiger partial charge in [0.05, 0.1) is 25.3 Å². The summed E-state index contributed by atoms with van der Waals surface area (Å²) in [5.74, 6) is -11.5. The number of nitrogens with one attached hydrogen (secondary N) is 12. The third kappa shape index (κ3) is 26.3. The number of carbonyl (C=O) groups excluding carboxylic acids is 11. The van der Waals surface area contributed by atoms with Crippen molar-refractivity contribution >= 4 is 88.7 Å². The molecule has 476 valence electrons. The summed E-state index contributed by atoms with van der Waals surface area (Å²) < 4.78 is 0. The molecule has 3 heterocycles. The van der Waals surface area contributed by atoms with Crippen molar-refractivity contribution < 1.29 is 67.7 Å². The lowest BCUT2D eigenvalue weighted by Gasteiger charge is -2.28. The first kappa shape index (κ1) is 71.9. The van der Waals surface area contributed by atoms with E-state index in [1.165, 1.54) is 38.1 Å². The van der Waals surface area contributed by atoms with Gasteiger partial charge in [0.15, 0.2) is 5.96 Å². The van der Waals surface area contributed by atoms with Gasteiger partial charge < -0.3 is 80.2 Å². The number of aliphatic hydroxyl groups is 1. The van der Waals surface area contributed by atoms with E-state index in [-0.39, 0.29) is 75.8 Å². The molecule has 2 aliphatic heterocycles. The van der Waals surface area contributed by atoms with Crippen LogP contribution in [0.1, 0.15) is 110 Å². The molecule has 0 spiro atoms. The standard InChI is InChI=1S/C54H85N17O14S/c1-27(2)19-37-46(78)60-24-32-12-10-31(11-13-32)21-42(74)69-44(30(6)72)53(85)65-35(14-15-43(75)76)49(81)63-34(9-8-17-59-54(56)57)48(80)64-36(16-18-86-7)47(79)62-29(5)45(77)71-70-40(20-28(3)4)52(84)67-38(22-33-25-58-26-61-33)50(82)68-39(23-41(55)73)51(83)66-37/h10-13,25-30,34-40,44,70,72H,8-9,14-24H2,1-7H3,(H2,55,73)(H,58,61)(H,60,78)(H,62,79)(H,63,81)(H,64,80)(H,65,85)(H,66,83)(H,67,84)(H,68,82)(H,69,74)(H,71,77)(H,75,76)(H4,56,57,59)/t29-,30+,34-,35-,36-,37-,38-,39-,40-,44-/m0/s1. The molecule has 32 heteroatoms. The van der Waals surface area contributed by atoms with Crippen LogP contribution in [0.5, 0.6) is 0 Å². The van der Waals surface area contributed by atoms with Gasteiger partial charge >= 0.3 is 5.97 Å². The van der Waals surface area contributed by atoms with Crippen molar-refractivity contribution in [3.8, 4) is 0 Å². The van der Waals surface area contributed by atoms with E-state index in [1.807, 2.05) is 0 Å². The lowest BCUT2D eigenvalue weighted by molar-refractivity contribution is -0.139. The number of fused-ring (bicyclic) bond motifs is 33. The number of thioether (sulfide) groups is 1. The van der Waals surface area contributed by atoms with Crippen molar-refractivity contribution in [2.75, 3.05) is 18.6 Å². The number of aliphatic imine (C=N–C) groups is 1. The topological polar surface area (TPSA) is 497 Å². The Morgan fingerprint density at radius 3 is 1.74 bits per heavy atom. The van der Waals surface area contributed by atoms with Gasteiger partial charge in [0.2, 0.25) is 59.1 Å². The number of nitrogens with zero attached hydrogens (tertiary/aromatic N) is 2. The van der Waals surface area contributed by atoms with E-state index < -0.39 is 151 Å². The maximum atomic E-state index is 14.2. The van der Waals surface area contributed by atoms with Crippen molar-refractivity contribution in [3.63, 3.8) is 0 Å². The summed E-state index contributed by atoms with van der Waals surface area (Å²) in [5, 5.41) is 43.3. The van der Waals surface area contributed by atoms with E-state index in [0.717, 1.165) is 0 Å². The van der Waals surface area contributed by atoms with Gasteiger partial charge in [-0.1, -0.05) is 52.0 Å². The summed E-state index contributed by atoms with van der Waals surface area (Å²) in [6.45, 7) is 9.60. The SMILES string of the molecule is CSCC[C@@H]1NC(=O)[C@H](CCCN=C(N)N)NC(=O)[C@H](CCC(=O)O)NC(=O)[C@H]([C@@H](C)O)NC(=O)Cc2ccc(cc2)CNC(=O)[C@H](CC(C)C)NC(=O)[C@H](CC(N)=O)NC(=O)[C@H](Cc2cnc[nH]2)NC(=O)[C@H](CC(C)C)NNC(=O)[C@H](C)NC1=O. The molecule has 1 aromatic carbocycles. The van der Waals surface area contributed by atoms with Gasteiger partial charge in [0.1, 0.15) is 54.4 Å². The van der Waals surface area contributed by atoms with Crippen LogP contribution in [-0.4, -0.2) is 176 Å². The molecule has 0 unspecified atom stereocenters. The van der Waals surface area contributed by atoms with E-state index in [9.17, 15) is 67.7 Å². The monoisotopic (exact) mass is 1230 g/mol. The van der Waals surface area contributed by atoms with Gasteiger partial charge in [-0.05, 0) is 87.3 Å². The summed E-state index contributed by atoms with van der Waals surface area (Å²) >= 11 is 1.32. The predicted molar refractivity (Wildman–Crippen MR) is 315 cm³/mol. The Morgan fingerprint density at radius 1 is 0.651 bits per heavy atom. The highest BCUT2D eigenvalue weighted by Crippen LogP contribution is 2.13. The largest absolute Gasteiger partial charge is 0.481 e. The minimum atomic E-state index is -1.68. The van der Waals surface area contributed by atoms with E-state index in [1.54, 1.807) is 58.2 Å². The molecule has 1 aromatic heterocycles. The molecule has 31 nitrogen and oxygen atoms in total. The predicted octanol–water partition coefficient (Wildman–Crippen LogP) is -4.27. The maximum absolute atomic E-state index is 14.2. The highest BCUT2D eigenvalue weighted by molar-refractivity contribution is 7.98. The Morgan fingerprint density at radius 2 is 1.17 bits per heavy atom. The van der Waals surface area contributed by atoms with Crippen molar-refractivity contribution in [1.29, 1.82) is 0 Å². The van der Waals surface area contributed by atoms with E-state index >= 15 is 0 Å². The van der Waals surface area contributed by atoms with Crippen molar-refractivity contribution in [2.24, 2.45) is 34.0 Å². The Kier molecular flexibility index (Phi) is 30.5. The number of H-pyrrole nitrogens is 1. The average Bonchev–Trinajstić information content (AvgIpc) is 4.09. The second kappa shape index (κ2) is 36.5. The summed E-state index contributed by atoms with van der Waals surface area (Å²) in [7, 11) is 0. The summed E-state index contributed by atoms with van der Waals surface area (Å²) in [5.41, 5.74) is 23.0. The average molecular weight is 1230 g/mol. The Balaban J connectivity index is 2.12. The number of aliphatic carboxylic acids is 1. The molecule has 10 atom stereocenters. The molecule has 2 bridgehead atoms. The van der Waals surface area contributed by atoms with Crippen LogP contribution in [0, 0.1) is 11.8 Å². The summed E-state index contributed by atoms with van der Waals surface area (Å²) in [4.78, 5) is 174. The minimum Gasteiger partial charge on any atom is -0.481 e. The number of carboxylic acids is 1. The van der Waals surface area contributed by atoms with Crippen LogP contribution >= 0.6 is 11.8 Å². The molecule has 86 heavy (non-hydrogen) atoms. The number of benzene rings is 1. The fraction of sp³-hybridized carbons (Fsp3) is 0.593. The molecule has 20 N–H and O–H groups in total. The number of aromatic amines is 1. The molecule has 4 rings (SSSR count). The number of hydrogen-bond donors (Lipinski definition) is 17. The number of carboxylic acid groups (broad SMARTS) is 1. The Bertz CT molecular complexity index is 2670. The van der Waals surface area contributed by atoms with Crippen LogP contribution in [0.25, 0.3) is 0 Å². The number of primary amides is 1. The van der Waals surface area contributed by atoms with Gasteiger partial charge in [-0.3, -0.25) is 68.0 Å². The number of hydrogen-bond acceptors (Lipinski definition) is 17. The second-order valence-corrected chi connectivity index (χ2v) is 22.6. The first-order valence-electron chi connectivity index (χ1n) is 28.1. The van der Waals surface area contributed by atoms with Crippen LogP contribution < -0.4 is 75.9 Å². The van der Waals surface area contributed by atoms with E-state index in [0.29, 0.717) is 22.6 Å². The van der Waals surface area contributed by atoms with Crippen LogP contribution in [0.15, 0.2) is 41.8 Å². The Hall–Kier alpha value is -8.39. The van der Waals surface area contributed by atoms with Crippen LogP contribution in [0.4, 0.5) is 0 Å². The second-order valence-electron chi connectivity index (χ2n) is 21.7. The Labute approximate surface area is 502 Å². The fourth-order valence-corrected chi connectivity index (χ4v) is 9.10. The first-order valence-corrected chi connectivity index (χ1v) is 29.5. The number of aromatic nitrogens is 2. The van der Waals surface area contributed by atoms with Gasteiger partial charge in [0.25, 0.3) is 5.91 Å². The summed E-state index contributed by atoms with van der Waals surface area (Å²) in [6, 6.07) is -6.72. The van der Waals surface area contributed by atoms with Crippen molar-refractivity contribution in [3.05, 3.63) is 53.6 Å². The van der Waals surface area contributed by atoms with Gasteiger partial charge in [-0.2, -0.15) is 11.8 Å². The summed E-state index contributed by atoms with van der Waals surface area (Å²) in [6.07, 6.45) is 0.562. The zero-order chi connectivity index (χ0) is 64.2.